The molecule has 5 rings (SSSR count). The van der Waals surface area contributed by atoms with E-state index in [1.807, 2.05) is 6.92 Å². The Bertz CT molecular complexity index is 1290. The molecule has 0 unspecified atom stereocenters. The maximum absolute atomic E-state index is 13.1. The van der Waals surface area contributed by atoms with Crippen molar-refractivity contribution >= 4 is 11.8 Å². The van der Waals surface area contributed by atoms with E-state index in [9.17, 15) is 14.7 Å². The monoisotopic (exact) mass is 489 g/mol. The van der Waals surface area contributed by atoms with Gasteiger partial charge in [0.2, 0.25) is 12.7 Å². The Balaban J connectivity index is 1.17. The zero-order valence-electron chi connectivity index (χ0n) is 19.8. The van der Waals surface area contributed by atoms with Crippen molar-refractivity contribution in [1.29, 1.82) is 0 Å². The van der Waals surface area contributed by atoms with Gasteiger partial charge in [-0.2, -0.15) is 0 Å². The highest BCUT2D eigenvalue weighted by atomic mass is 16.7. The second-order valence-corrected chi connectivity index (χ2v) is 8.99. The van der Waals surface area contributed by atoms with E-state index in [0.717, 1.165) is 31.2 Å². The van der Waals surface area contributed by atoms with E-state index in [1.165, 1.54) is 6.07 Å². The van der Waals surface area contributed by atoms with Crippen molar-refractivity contribution in [2.24, 2.45) is 0 Å². The first-order valence-corrected chi connectivity index (χ1v) is 11.9. The molecule has 3 N–H and O–H groups in total. The van der Waals surface area contributed by atoms with Crippen molar-refractivity contribution in [3.63, 3.8) is 0 Å². The van der Waals surface area contributed by atoms with Crippen molar-refractivity contribution in [3.05, 3.63) is 71.4 Å². The molecule has 0 bridgehead atoms. The fraction of sp³-hybridized carbons (Fsp3) is 0.296. The molecule has 3 aromatic rings. The molecule has 1 fully saturated rings. The SMILES string of the molecule is Cc1ccc(O)c(C(=O)NC2CCC(NC(=O)c3cccnc3Oc3ccc4c(c3)OCO4)CC2)c1. The van der Waals surface area contributed by atoms with Crippen molar-refractivity contribution in [2.75, 3.05) is 6.79 Å². The van der Waals surface area contributed by atoms with Crippen LogP contribution in [-0.2, 0) is 0 Å². The van der Waals surface area contributed by atoms with Gasteiger partial charge in [-0.1, -0.05) is 11.6 Å². The molecule has 1 saturated carbocycles. The van der Waals surface area contributed by atoms with Crippen LogP contribution in [-0.4, -0.2) is 40.8 Å². The number of hydrogen-bond donors (Lipinski definition) is 3. The molecular formula is C27H27N3O6. The van der Waals surface area contributed by atoms with Gasteiger partial charge in [0.1, 0.15) is 17.1 Å². The fourth-order valence-electron chi connectivity index (χ4n) is 4.44. The predicted octanol–water partition coefficient (Wildman–Crippen LogP) is 4.09. The maximum Gasteiger partial charge on any atom is 0.257 e. The average molecular weight is 490 g/mol. The minimum atomic E-state index is -0.288. The molecule has 0 saturated heterocycles. The summed E-state index contributed by atoms with van der Waals surface area (Å²) in [5.41, 5.74) is 1.51. The number of carbonyl (C=O) groups excluding carboxylic acids is 2. The Morgan fingerprint density at radius 2 is 1.61 bits per heavy atom. The summed E-state index contributed by atoms with van der Waals surface area (Å²) < 4.78 is 16.6. The summed E-state index contributed by atoms with van der Waals surface area (Å²) in [6.45, 7) is 2.04. The number of fused-ring (bicyclic) bond motifs is 1. The second-order valence-electron chi connectivity index (χ2n) is 8.99. The number of pyridine rings is 1. The van der Waals surface area contributed by atoms with Crippen LogP contribution in [0.3, 0.4) is 0 Å². The number of carbonyl (C=O) groups is 2. The lowest BCUT2D eigenvalue weighted by Crippen LogP contribution is -2.43. The summed E-state index contributed by atoms with van der Waals surface area (Å²) in [5, 5.41) is 16.1. The van der Waals surface area contributed by atoms with Crippen molar-refractivity contribution in [3.8, 4) is 28.9 Å². The smallest absolute Gasteiger partial charge is 0.257 e. The minimum Gasteiger partial charge on any atom is -0.507 e. The zero-order valence-corrected chi connectivity index (χ0v) is 19.8. The molecule has 1 aliphatic heterocycles. The van der Waals surface area contributed by atoms with Crippen molar-refractivity contribution in [1.82, 2.24) is 15.6 Å². The third-order valence-corrected chi connectivity index (χ3v) is 6.37. The van der Waals surface area contributed by atoms with Gasteiger partial charge in [0.25, 0.3) is 11.8 Å². The fourth-order valence-corrected chi connectivity index (χ4v) is 4.44. The first-order chi connectivity index (χ1) is 17.5. The van der Waals surface area contributed by atoms with Crippen LogP contribution in [0.25, 0.3) is 0 Å². The second kappa shape index (κ2) is 10.2. The molecule has 0 spiro atoms. The number of aromatic nitrogens is 1. The number of nitrogens with one attached hydrogen (secondary N) is 2. The van der Waals surface area contributed by atoms with E-state index in [0.29, 0.717) is 22.8 Å². The largest absolute Gasteiger partial charge is 0.507 e. The number of hydrogen-bond acceptors (Lipinski definition) is 7. The first-order valence-electron chi connectivity index (χ1n) is 11.9. The summed E-state index contributed by atoms with van der Waals surface area (Å²) >= 11 is 0. The number of ether oxygens (including phenoxy) is 3. The van der Waals surface area contributed by atoms with Gasteiger partial charge in [-0.05, 0) is 69.0 Å². The summed E-state index contributed by atoms with van der Waals surface area (Å²) in [5.74, 6) is 1.32. The normalized spacial score (nSPS) is 18.4. The Labute approximate surface area is 208 Å². The van der Waals surface area contributed by atoms with Gasteiger partial charge in [0.15, 0.2) is 11.5 Å². The molecular weight excluding hydrogens is 462 g/mol. The Morgan fingerprint density at radius 3 is 2.36 bits per heavy atom. The van der Waals surface area contributed by atoms with E-state index in [4.69, 9.17) is 14.2 Å². The molecule has 36 heavy (non-hydrogen) atoms. The standard InChI is InChI=1S/C27H27N3O6/c1-16-4-10-22(31)21(13-16)26(33)30-18-7-5-17(6-8-18)29-25(32)20-3-2-12-28-27(20)36-19-9-11-23-24(14-19)35-15-34-23/h2-4,9-14,17-18,31H,5-8,15H2,1H3,(H,29,32)(H,30,33). The van der Waals surface area contributed by atoms with Crippen LogP contribution >= 0.6 is 0 Å². The number of aryl methyl sites for hydroxylation is 1. The molecule has 2 heterocycles. The van der Waals surface area contributed by atoms with Crippen LogP contribution < -0.4 is 24.8 Å². The third kappa shape index (κ3) is 5.19. The summed E-state index contributed by atoms with van der Waals surface area (Å²) in [7, 11) is 0. The summed E-state index contributed by atoms with van der Waals surface area (Å²) in [6, 6.07) is 13.4. The highest BCUT2D eigenvalue weighted by molar-refractivity contribution is 5.97. The van der Waals surface area contributed by atoms with Crippen LogP contribution in [0.15, 0.2) is 54.7 Å². The van der Waals surface area contributed by atoms with Gasteiger partial charge in [-0.15, -0.1) is 0 Å². The number of amides is 2. The molecule has 2 aliphatic rings. The lowest BCUT2D eigenvalue weighted by atomic mass is 9.90. The highest BCUT2D eigenvalue weighted by Gasteiger charge is 2.26. The van der Waals surface area contributed by atoms with E-state index in [2.05, 4.69) is 15.6 Å². The van der Waals surface area contributed by atoms with Crippen LogP contribution in [0.4, 0.5) is 0 Å². The Hall–Kier alpha value is -4.27. The van der Waals surface area contributed by atoms with Gasteiger partial charge in [0, 0.05) is 24.3 Å². The molecule has 0 radical (unpaired) electrons. The zero-order chi connectivity index (χ0) is 25.1. The Morgan fingerprint density at radius 1 is 0.917 bits per heavy atom. The number of phenols is 1. The first kappa shape index (κ1) is 23.5. The van der Waals surface area contributed by atoms with E-state index in [-0.39, 0.29) is 47.9 Å². The van der Waals surface area contributed by atoms with E-state index in [1.54, 1.807) is 48.7 Å². The van der Waals surface area contributed by atoms with Gasteiger partial charge in [0.05, 0.1) is 5.56 Å². The van der Waals surface area contributed by atoms with E-state index >= 15 is 0 Å². The van der Waals surface area contributed by atoms with Crippen molar-refractivity contribution < 1.29 is 28.9 Å². The quantitative estimate of drug-likeness (QED) is 0.477. The van der Waals surface area contributed by atoms with Gasteiger partial charge >= 0.3 is 0 Å². The number of rotatable bonds is 6. The molecule has 0 atom stereocenters. The highest BCUT2D eigenvalue weighted by Crippen LogP contribution is 2.36. The molecule has 2 aromatic carbocycles. The van der Waals surface area contributed by atoms with Crippen LogP contribution in [0.1, 0.15) is 52.0 Å². The van der Waals surface area contributed by atoms with Gasteiger partial charge in [-0.3, -0.25) is 9.59 Å². The Kier molecular flexibility index (Phi) is 6.62. The predicted molar refractivity (Wildman–Crippen MR) is 131 cm³/mol. The number of nitrogens with zero attached hydrogens (tertiary/aromatic N) is 1. The maximum atomic E-state index is 13.1. The van der Waals surface area contributed by atoms with Gasteiger partial charge < -0.3 is 30.0 Å². The molecule has 186 valence electrons. The molecule has 2 amide bonds. The van der Waals surface area contributed by atoms with Crippen LogP contribution in [0, 0.1) is 6.92 Å². The lowest BCUT2D eigenvalue weighted by molar-refractivity contribution is 0.0888. The molecule has 9 nitrogen and oxygen atoms in total. The summed E-state index contributed by atoms with van der Waals surface area (Å²) in [4.78, 5) is 29.9. The summed E-state index contributed by atoms with van der Waals surface area (Å²) in [6.07, 6.45) is 4.44. The number of phenolic OH excluding ortho intramolecular Hbond substituents is 1. The molecule has 9 heteroatoms. The van der Waals surface area contributed by atoms with E-state index < -0.39 is 0 Å². The topological polar surface area (TPSA) is 119 Å². The average Bonchev–Trinajstić information content (AvgIpc) is 3.35. The molecule has 1 aliphatic carbocycles. The molecule has 1 aromatic heterocycles. The minimum absolute atomic E-state index is 0.0196. The van der Waals surface area contributed by atoms with Crippen molar-refractivity contribution in [2.45, 2.75) is 44.7 Å². The third-order valence-electron chi connectivity index (χ3n) is 6.37. The number of benzene rings is 2. The number of aromatic hydroxyl groups is 1. The van der Waals surface area contributed by atoms with Gasteiger partial charge in [-0.25, -0.2) is 4.98 Å². The lowest BCUT2D eigenvalue weighted by Gasteiger charge is -2.30. The van der Waals surface area contributed by atoms with Crippen LogP contribution in [0.5, 0.6) is 28.9 Å². The van der Waals surface area contributed by atoms with Crippen LogP contribution in [0.2, 0.25) is 0 Å².